The van der Waals surface area contributed by atoms with Gasteiger partial charge < -0.3 is 15.8 Å². The number of rotatable bonds is 2. The largest absolute Gasteiger partial charge is 0.476 e. The topological polar surface area (TPSA) is 102 Å². The van der Waals surface area contributed by atoms with Crippen LogP contribution in [-0.2, 0) is 11.2 Å². The van der Waals surface area contributed by atoms with E-state index in [1.807, 2.05) is 0 Å². The van der Waals surface area contributed by atoms with E-state index in [-0.39, 0.29) is 29.8 Å². The smallest absolute Gasteiger partial charge is 0.255 e. The van der Waals surface area contributed by atoms with Gasteiger partial charge >= 0.3 is 0 Å². The van der Waals surface area contributed by atoms with Gasteiger partial charge in [-0.05, 0) is 30.2 Å². The van der Waals surface area contributed by atoms with Crippen molar-refractivity contribution < 1.29 is 13.9 Å². The Morgan fingerprint density at radius 2 is 2.15 bits per heavy atom. The zero-order valence-corrected chi connectivity index (χ0v) is 15.6. The van der Waals surface area contributed by atoms with Crippen molar-refractivity contribution in [3.63, 3.8) is 0 Å². The fourth-order valence-electron chi connectivity index (χ4n) is 3.54. The predicted octanol–water partition coefficient (Wildman–Crippen LogP) is 2.32. The number of nitrogens with zero attached hydrogens (tertiary/aromatic N) is 3. The summed E-state index contributed by atoms with van der Waals surface area (Å²) in [6, 6.07) is 3.99. The van der Waals surface area contributed by atoms with Gasteiger partial charge in [0, 0.05) is 12.2 Å². The molecule has 2 aliphatic heterocycles. The highest BCUT2D eigenvalue weighted by Crippen LogP contribution is 2.37. The van der Waals surface area contributed by atoms with E-state index in [4.69, 9.17) is 10.5 Å². The fraction of sp³-hybridized carbons (Fsp3) is 0.333. The second-order valence-corrected chi connectivity index (χ2v) is 7.39. The number of nitrogens with two attached hydrogens (primary N) is 1. The first-order valence-corrected chi connectivity index (χ1v) is 9.42. The van der Waals surface area contributed by atoms with Crippen LogP contribution in [0.1, 0.15) is 45.0 Å². The summed E-state index contributed by atoms with van der Waals surface area (Å²) in [6.45, 7) is 1.73. The average molecular weight is 387 g/mol. The van der Waals surface area contributed by atoms with Crippen LogP contribution in [0.2, 0.25) is 0 Å². The molecule has 0 saturated carbocycles. The number of thioether (sulfide) groups is 1. The van der Waals surface area contributed by atoms with Crippen molar-refractivity contribution in [2.24, 2.45) is 4.99 Å². The van der Waals surface area contributed by atoms with Crippen LogP contribution in [0.15, 0.2) is 23.2 Å². The molecule has 27 heavy (non-hydrogen) atoms. The lowest BCUT2D eigenvalue weighted by molar-refractivity contribution is 0.0922. The van der Waals surface area contributed by atoms with Crippen LogP contribution in [0.5, 0.6) is 0 Å². The number of anilines is 1. The molecule has 1 aromatic heterocycles. The summed E-state index contributed by atoms with van der Waals surface area (Å²) in [5.74, 6) is 0.201. The van der Waals surface area contributed by atoms with E-state index >= 15 is 0 Å². The average Bonchev–Trinajstić information content (AvgIpc) is 3.09. The third kappa shape index (κ3) is 3.23. The number of fused-ring (bicyclic) bond motifs is 1. The highest BCUT2D eigenvalue weighted by molar-refractivity contribution is 8.13. The number of nitrogen functional groups attached to an aromatic ring is 1. The van der Waals surface area contributed by atoms with E-state index in [0.29, 0.717) is 34.4 Å². The molecule has 1 aromatic carbocycles. The molecule has 0 fully saturated rings. The van der Waals surface area contributed by atoms with Gasteiger partial charge in [-0.25, -0.2) is 19.4 Å². The number of halogens is 1. The Morgan fingerprint density at radius 3 is 2.89 bits per heavy atom. The first kappa shape index (κ1) is 17.7. The van der Waals surface area contributed by atoms with Crippen molar-refractivity contribution in [1.82, 2.24) is 15.3 Å². The Kier molecular flexibility index (Phi) is 4.47. The van der Waals surface area contributed by atoms with Gasteiger partial charge in [0.05, 0.1) is 36.1 Å². The molecule has 140 valence electrons. The second kappa shape index (κ2) is 6.80. The van der Waals surface area contributed by atoms with Gasteiger partial charge in [0.25, 0.3) is 5.91 Å². The molecule has 0 spiro atoms. The first-order valence-electron chi connectivity index (χ1n) is 8.44. The molecular formula is C18H18FN5O2S. The Hall–Kier alpha value is -2.68. The molecule has 2 aliphatic rings. The third-order valence-corrected chi connectivity index (χ3v) is 5.70. The zero-order chi connectivity index (χ0) is 19.1. The molecule has 4 rings (SSSR count). The minimum atomic E-state index is -0.346. The summed E-state index contributed by atoms with van der Waals surface area (Å²) >= 11 is 1.48. The molecule has 0 bridgehead atoms. The summed E-state index contributed by atoms with van der Waals surface area (Å²) < 4.78 is 19.1. The number of carbonyl (C=O) groups excluding carboxylic acids is 1. The van der Waals surface area contributed by atoms with E-state index in [2.05, 4.69) is 20.3 Å². The molecule has 3 heterocycles. The second-order valence-electron chi connectivity index (χ2n) is 6.42. The minimum Gasteiger partial charge on any atom is -0.476 e. The first-order chi connectivity index (χ1) is 13.0. The maximum absolute atomic E-state index is 14.0. The highest BCUT2D eigenvalue weighted by atomic mass is 32.2. The van der Waals surface area contributed by atoms with Crippen LogP contribution >= 0.6 is 11.8 Å². The van der Waals surface area contributed by atoms with Gasteiger partial charge in [-0.15, -0.1) is 0 Å². The van der Waals surface area contributed by atoms with E-state index in [1.165, 1.54) is 23.9 Å². The van der Waals surface area contributed by atoms with Crippen molar-refractivity contribution in [3.05, 3.63) is 52.1 Å². The maximum atomic E-state index is 14.0. The normalized spacial score (nSPS) is 21.4. The lowest BCUT2D eigenvalue weighted by Gasteiger charge is -2.28. The summed E-state index contributed by atoms with van der Waals surface area (Å²) in [5, 5.41) is 3.56. The Bertz CT molecular complexity index is 965. The number of nitrogens with one attached hydrogen (secondary N) is 1. The number of amides is 1. The van der Waals surface area contributed by atoms with Crippen molar-refractivity contribution in [2.45, 2.75) is 25.4 Å². The minimum absolute atomic E-state index is 0.139. The van der Waals surface area contributed by atoms with E-state index in [9.17, 15) is 9.18 Å². The molecule has 2 atom stereocenters. The summed E-state index contributed by atoms with van der Waals surface area (Å²) in [7, 11) is 1.56. The molecule has 3 N–H and O–H groups in total. The van der Waals surface area contributed by atoms with Crippen LogP contribution < -0.4 is 11.1 Å². The number of aryl methyl sites for hydroxylation is 1. The van der Waals surface area contributed by atoms with E-state index in [0.717, 1.165) is 11.1 Å². The maximum Gasteiger partial charge on any atom is 0.255 e. The molecule has 9 heteroatoms. The molecule has 1 amide bonds. The standard InChI is InChI=1S/C18H18FN5O2S/c1-8-15-13(23-17(20)21-8)6-12(22-16(15)25)10-4-3-9(19)5-11(10)14-7-27-18(24-14)26-2/h3-5,12,14H,6-7H2,1-2H3,(H,22,25)(H2,20,21,23)/t12-,14?/m1/s1. The number of methoxy groups -OCH3 is 1. The predicted molar refractivity (Wildman–Crippen MR) is 101 cm³/mol. The van der Waals surface area contributed by atoms with Crippen LogP contribution in [0.4, 0.5) is 10.3 Å². The van der Waals surface area contributed by atoms with E-state index in [1.54, 1.807) is 20.1 Å². The molecule has 0 radical (unpaired) electrons. The molecule has 1 unspecified atom stereocenters. The number of ether oxygens (including phenoxy) is 1. The Morgan fingerprint density at radius 1 is 1.33 bits per heavy atom. The molecule has 0 saturated heterocycles. The van der Waals surface area contributed by atoms with Crippen molar-refractivity contribution >= 4 is 28.8 Å². The lowest BCUT2D eigenvalue weighted by Crippen LogP contribution is -2.37. The fourth-order valence-corrected chi connectivity index (χ4v) is 4.41. The Labute approximate surface area is 159 Å². The lowest BCUT2D eigenvalue weighted by atomic mass is 9.89. The van der Waals surface area contributed by atoms with Crippen LogP contribution in [-0.4, -0.2) is 34.0 Å². The quantitative estimate of drug-likeness (QED) is 0.820. The van der Waals surface area contributed by atoms with Crippen LogP contribution in [0.25, 0.3) is 0 Å². The van der Waals surface area contributed by atoms with Gasteiger partial charge in [0.1, 0.15) is 5.82 Å². The molecular weight excluding hydrogens is 369 g/mol. The van der Waals surface area contributed by atoms with Crippen molar-refractivity contribution in [3.8, 4) is 0 Å². The number of aliphatic imine (C=N–C) groups is 1. The number of benzene rings is 1. The SMILES string of the molecule is COC1=NC(c2cc(F)ccc2[C@H]2Cc3nc(N)nc(C)c3C(=O)N2)CS1. The number of hydrogen-bond donors (Lipinski definition) is 2. The molecule has 7 nitrogen and oxygen atoms in total. The molecule has 2 aromatic rings. The monoisotopic (exact) mass is 387 g/mol. The van der Waals surface area contributed by atoms with Gasteiger partial charge in [0.15, 0.2) is 0 Å². The summed E-state index contributed by atoms with van der Waals surface area (Å²) in [6.07, 6.45) is 0.452. The number of carbonyl (C=O) groups is 1. The third-order valence-electron chi connectivity index (χ3n) is 4.70. The van der Waals surface area contributed by atoms with Crippen molar-refractivity contribution in [2.75, 3.05) is 18.6 Å². The summed E-state index contributed by atoms with van der Waals surface area (Å²) in [5.41, 5.74) is 8.92. The van der Waals surface area contributed by atoms with Crippen molar-refractivity contribution in [1.29, 1.82) is 0 Å². The highest BCUT2D eigenvalue weighted by Gasteiger charge is 2.32. The van der Waals surface area contributed by atoms with Crippen LogP contribution in [0.3, 0.4) is 0 Å². The Balaban J connectivity index is 1.74. The van der Waals surface area contributed by atoms with Gasteiger partial charge in [-0.2, -0.15) is 0 Å². The van der Waals surface area contributed by atoms with Gasteiger partial charge in [-0.3, -0.25) is 4.79 Å². The molecule has 0 aliphatic carbocycles. The zero-order valence-electron chi connectivity index (χ0n) is 14.8. The van der Waals surface area contributed by atoms with Gasteiger partial charge in [-0.1, -0.05) is 17.8 Å². The number of aromatic nitrogens is 2. The number of hydrogen-bond acceptors (Lipinski definition) is 7. The van der Waals surface area contributed by atoms with E-state index < -0.39 is 0 Å². The van der Waals surface area contributed by atoms with Crippen LogP contribution in [0, 0.1) is 12.7 Å². The van der Waals surface area contributed by atoms with Gasteiger partial charge in [0.2, 0.25) is 11.2 Å². The summed E-state index contributed by atoms with van der Waals surface area (Å²) in [4.78, 5) is 25.5.